The van der Waals surface area contributed by atoms with Crippen LogP contribution in [0.4, 0.5) is 27.6 Å². The number of aryl methyl sites for hydroxylation is 3. The van der Waals surface area contributed by atoms with Crippen LogP contribution in [0.5, 0.6) is 5.75 Å². The summed E-state index contributed by atoms with van der Waals surface area (Å²) in [4.78, 5) is 12.8. The van der Waals surface area contributed by atoms with Gasteiger partial charge in [-0.25, -0.2) is 22.0 Å². The maximum absolute atomic E-state index is 14.0. The fourth-order valence-corrected chi connectivity index (χ4v) is 3.51. The molecule has 0 fully saturated rings. The monoisotopic (exact) mass is 506 g/mol. The summed E-state index contributed by atoms with van der Waals surface area (Å²) in [6.45, 7) is 4.70. The number of nitrogens with one attached hydrogen (secondary N) is 1. The number of ether oxygens (including phenoxy) is 1. The number of anilines is 1. The number of nitrogens with zero attached hydrogens (tertiary/aromatic N) is 3. The summed E-state index contributed by atoms with van der Waals surface area (Å²) in [5.41, 5.74) is 1.36. The van der Waals surface area contributed by atoms with E-state index in [1.54, 1.807) is 6.92 Å². The summed E-state index contributed by atoms with van der Waals surface area (Å²) >= 11 is 0. The highest BCUT2D eigenvalue weighted by atomic mass is 19.2. The normalized spacial score (nSPS) is 11.1. The van der Waals surface area contributed by atoms with Crippen LogP contribution < -0.4 is 10.1 Å². The predicted octanol–water partition coefficient (Wildman–Crippen LogP) is 5.37. The third-order valence-corrected chi connectivity index (χ3v) is 5.41. The van der Waals surface area contributed by atoms with Gasteiger partial charge in [0.05, 0.1) is 29.6 Å². The zero-order valence-electron chi connectivity index (χ0n) is 19.3. The van der Waals surface area contributed by atoms with Gasteiger partial charge in [-0.1, -0.05) is 22.9 Å². The molecule has 0 aliphatic rings. The molecule has 36 heavy (non-hydrogen) atoms. The molecule has 1 amide bonds. The number of halogens is 5. The maximum atomic E-state index is 14.0. The summed E-state index contributed by atoms with van der Waals surface area (Å²) in [5, 5.41) is 10.1. The number of benzene rings is 2. The van der Waals surface area contributed by atoms with Crippen LogP contribution in [-0.4, -0.2) is 20.8 Å². The van der Waals surface area contributed by atoms with Crippen LogP contribution in [0.15, 0.2) is 35.1 Å². The fraction of sp³-hybridized carbons (Fsp3) is 0.208. The Labute approximate surface area is 201 Å². The minimum absolute atomic E-state index is 0.00149. The van der Waals surface area contributed by atoms with E-state index in [2.05, 4.69) is 15.6 Å². The van der Waals surface area contributed by atoms with Gasteiger partial charge in [0.15, 0.2) is 29.0 Å². The minimum atomic E-state index is -2.25. The lowest BCUT2D eigenvalue weighted by atomic mass is 10.1. The van der Waals surface area contributed by atoms with Crippen molar-refractivity contribution in [3.05, 3.63) is 93.4 Å². The highest BCUT2D eigenvalue weighted by Gasteiger charge is 2.26. The second kappa shape index (κ2) is 9.80. The zero-order chi connectivity index (χ0) is 26.1. The Morgan fingerprint density at radius 2 is 1.67 bits per heavy atom. The molecule has 2 aromatic heterocycles. The van der Waals surface area contributed by atoms with Crippen molar-refractivity contribution in [3.8, 4) is 5.75 Å². The van der Waals surface area contributed by atoms with Crippen LogP contribution in [0.1, 0.15) is 38.5 Å². The Morgan fingerprint density at radius 3 is 2.33 bits per heavy atom. The number of hydrogen-bond acceptors (Lipinski definition) is 5. The molecule has 7 nitrogen and oxygen atoms in total. The van der Waals surface area contributed by atoms with E-state index < -0.39 is 47.1 Å². The van der Waals surface area contributed by atoms with Crippen molar-refractivity contribution in [1.29, 1.82) is 0 Å². The lowest BCUT2D eigenvalue weighted by Crippen LogP contribution is -2.15. The van der Waals surface area contributed by atoms with Crippen LogP contribution in [0.2, 0.25) is 0 Å². The largest absolute Gasteiger partial charge is 0.488 e. The first-order valence-electron chi connectivity index (χ1n) is 10.6. The second-order valence-corrected chi connectivity index (χ2v) is 8.05. The zero-order valence-corrected chi connectivity index (χ0v) is 19.3. The summed E-state index contributed by atoms with van der Waals surface area (Å²) in [5.74, 6) is -9.96. The van der Waals surface area contributed by atoms with Crippen LogP contribution in [0, 0.1) is 49.9 Å². The smallest absolute Gasteiger partial charge is 0.278 e. The number of aromatic nitrogens is 3. The highest BCUT2D eigenvalue weighted by Crippen LogP contribution is 2.25. The first-order chi connectivity index (χ1) is 17.1. The first-order valence-corrected chi connectivity index (χ1v) is 10.6. The Balaban J connectivity index is 1.48. The Morgan fingerprint density at radius 1 is 1.00 bits per heavy atom. The van der Waals surface area contributed by atoms with Gasteiger partial charge in [0.25, 0.3) is 5.91 Å². The van der Waals surface area contributed by atoms with E-state index in [0.717, 1.165) is 28.2 Å². The van der Waals surface area contributed by atoms with E-state index in [1.807, 2.05) is 32.0 Å². The van der Waals surface area contributed by atoms with Crippen LogP contribution >= 0.6 is 0 Å². The van der Waals surface area contributed by atoms with Crippen LogP contribution in [0.25, 0.3) is 0 Å². The summed E-state index contributed by atoms with van der Waals surface area (Å²) in [7, 11) is 0. The molecule has 4 aromatic rings. The molecule has 0 saturated carbocycles. The standard InChI is InChI=1S/C24H19F5N4O3/c1-11-4-5-17(12(2)6-11)35-10-16-13(3)36-32-23(16)24(34)31-14-7-30-33(8-14)9-15-18(25)20(27)22(29)21(28)19(15)26/h4-8H,9-10H2,1-3H3,(H,31,34). The quantitative estimate of drug-likeness (QED) is 0.207. The molecular formula is C24H19F5N4O3. The molecule has 0 spiro atoms. The molecule has 2 heterocycles. The lowest BCUT2D eigenvalue weighted by Gasteiger charge is -2.10. The van der Waals surface area contributed by atoms with E-state index in [1.165, 1.54) is 0 Å². The Hall–Kier alpha value is -4.22. The fourth-order valence-electron chi connectivity index (χ4n) is 3.51. The van der Waals surface area contributed by atoms with Crippen LogP contribution in [-0.2, 0) is 13.2 Å². The molecule has 0 saturated heterocycles. The van der Waals surface area contributed by atoms with Gasteiger partial charge in [0.1, 0.15) is 18.1 Å². The molecule has 0 atom stereocenters. The van der Waals surface area contributed by atoms with Crippen LogP contribution in [0.3, 0.4) is 0 Å². The van der Waals surface area contributed by atoms with Gasteiger partial charge in [0.2, 0.25) is 5.82 Å². The average Bonchev–Trinajstić information content (AvgIpc) is 3.44. The molecule has 4 rings (SSSR count). The molecule has 1 N–H and O–H groups in total. The number of amides is 1. The molecule has 0 bridgehead atoms. The molecule has 188 valence electrons. The molecule has 0 aliphatic carbocycles. The molecule has 0 unspecified atom stereocenters. The van der Waals surface area contributed by atoms with Gasteiger partial charge in [-0.15, -0.1) is 0 Å². The Bertz CT molecular complexity index is 1440. The lowest BCUT2D eigenvalue weighted by molar-refractivity contribution is 0.101. The Kier molecular flexibility index (Phi) is 6.77. The van der Waals surface area contributed by atoms with Gasteiger partial charge >= 0.3 is 0 Å². The third-order valence-electron chi connectivity index (χ3n) is 5.41. The maximum Gasteiger partial charge on any atom is 0.278 e. The van der Waals surface area contributed by atoms with Crippen molar-refractivity contribution in [1.82, 2.24) is 14.9 Å². The average molecular weight is 506 g/mol. The molecule has 2 aromatic carbocycles. The van der Waals surface area contributed by atoms with E-state index in [0.29, 0.717) is 17.1 Å². The van der Waals surface area contributed by atoms with Gasteiger partial charge < -0.3 is 14.6 Å². The van der Waals surface area contributed by atoms with Gasteiger partial charge in [-0.05, 0) is 32.4 Å². The topological polar surface area (TPSA) is 82.2 Å². The van der Waals surface area contributed by atoms with Crippen molar-refractivity contribution >= 4 is 11.6 Å². The third kappa shape index (κ3) is 4.79. The van der Waals surface area contributed by atoms with E-state index >= 15 is 0 Å². The van der Waals surface area contributed by atoms with Crippen molar-refractivity contribution < 1.29 is 36.0 Å². The molecule has 12 heteroatoms. The van der Waals surface area contributed by atoms with Crippen molar-refractivity contribution in [3.63, 3.8) is 0 Å². The number of carbonyl (C=O) groups is 1. The number of rotatable bonds is 7. The highest BCUT2D eigenvalue weighted by molar-refractivity contribution is 6.03. The predicted molar refractivity (Wildman–Crippen MR) is 117 cm³/mol. The first kappa shape index (κ1) is 24.9. The van der Waals surface area contributed by atoms with Crippen molar-refractivity contribution in [2.24, 2.45) is 0 Å². The summed E-state index contributed by atoms with van der Waals surface area (Å²) in [6.07, 6.45) is 2.30. The van der Waals surface area contributed by atoms with Crippen molar-refractivity contribution in [2.45, 2.75) is 33.9 Å². The van der Waals surface area contributed by atoms with E-state index in [9.17, 15) is 26.7 Å². The molecule has 0 aliphatic heterocycles. The summed E-state index contributed by atoms with van der Waals surface area (Å²) in [6, 6.07) is 5.65. The minimum Gasteiger partial charge on any atom is -0.488 e. The summed E-state index contributed by atoms with van der Waals surface area (Å²) < 4.78 is 79.9. The number of carbonyl (C=O) groups excluding carboxylic acids is 1. The van der Waals surface area contributed by atoms with Gasteiger partial charge in [-0.2, -0.15) is 5.10 Å². The van der Waals surface area contributed by atoms with E-state index in [-0.39, 0.29) is 18.0 Å². The van der Waals surface area contributed by atoms with Gasteiger partial charge in [-0.3, -0.25) is 9.48 Å². The number of hydrogen-bond donors (Lipinski definition) is 1. The van der Waals surface area contributed by atoms with Crippen molar-refractivity contribution in [2.75, 3.05) is 5.32 Å². The molecule has 0 radical (unpaired) electrons. The van der Waals surface area contributed by atoms with E-state index in [4.69, 9.17) is 9.26 Å². The SMILES string of the molecule is Cc1ccc(OCc2c(C(=O)Nc3cnn(Cc4c(F)c(F)c(F)c(F)c4F)c3)noc2C)c(C)c1. The second-order valence-electron chi connectivity index (χ2n) is 8.05. The molecular weight excluding hydrogens is 487 g/mol. The van der Waals surface area contributed by atoms with Gasteiger partial charge in [0, 0.05) is 6.20 Å².